The van der Waals surface area contributed by atoms with Crippen LogP contribution >= 0.6 is 0 Å². The van der Waals surface area contributed by atoms with E-state index in [-0.39, 0.29) is 22.9 Å². The molecular formula is C34H35AsFN7O2. The van der Waals surface area contributed by atoms with Crippen LogP contribution in [-0.2, 0) is 11.3 Å². The first-order valence-electron chi connectivity index (χ1n) is 15.3. The van der Waals surface area contributed by atoms with Gasteiger partial charge >= 0.3 is 240 Å². The van der Waals surface area contributed by atoms with Gasteiger partial charge in [-0.15, -0.1) is 0 Å². The van der Waals surface area contributed by atoms with Gasteiger partial charge in [0.25, 0.3) is 0 Å². The first-order valence-corrected chi connectivity index (χ1v) is 16.2. The fourth-order valence-corrected chi connectivity index (χ4v) is 7.38. The van der Waals surface area contributed by atoms with Crippen LogP contribution in [0.5, 0.6) is 11.5 Å². The van der Waals surface area contributed by atoms with E-state index in [2.05, 4.69) is 37.8 Å². The number of likely N-dealkylation sites (tertiary alicyclic amines) is 1. The zero-order chi connectivity index (χ0) is 31.6. The number of aromatic nitrogens is 4. The fourth-order valence-electron chi connectivity index (χ4n) is 6.84. The Bertz CT molecular complexity index is 1780. The van der Waals surface area contributed by atoms with Crippen molar-refractivity contribution in [3.8, 4) is 28.8 Å². The first-order chi connectivity index (χ1) is 21.8. The summed E-state index contributed by atoms with van der Waals surface area (Å²) in [5.41, 5.74) is 1.34. The summed E-state index contributed by atoms with van der Waals surface area (Å²) in [7, 11) is 4.06. The Morgan fingerprint density at radius 1 is 1.16 bits per heavy atom. The zero-order valence-electron chi connectivity index (χ0n) is 25.5. The molecule has 0 bridgehead atoms. The van der Waals surface area contributed by atoms with E-state index in [1.165, 1.54) is 12.4 Å². The minimum atomic E-state index is -0.481. The van der Waals surface area contributed by atoms with Gasteiger partial charge in [0.1, 0.15) is 0 Å². The molecule has 0 unspecified atom stereocenters. The quantitative estimate of drug-likeness (QED) is 0.144. The van der Waals surface area contributed by atoms with Gasteiger partial charge in [-0.05, 0) is 14.1 Å². The molecule has 9 nitrogen and oxygen atoms in total. The minimum Gasteiger partial charge on any atom is -0.0524 e. The van der Waals surface area contributed by atoms with E-state index < -0.39 is 5.82 Å². The number of amides is 1. The van der Waals surface area contributed by atoms with Crippen molar-refractivity contribution in [2.75, 3.05) is 27.2 Å². The van der Waals surface area contributed by atoms with Crippen LogP contribution < -0.4 is 9.22 Å². The summed E-state index contributed by atoms with van der Waals surface area (Å²) in [4.78, 5) is 26.7. The van der Waals surface area contributed by atoms with Crippen molar-refractivity contribution in [3.05, 3.63) is 72.3 Å². The van der Waals surface area contributed by atoms with Gasteiger partial charge in [-0.1, -0.05) is 12.8 Å². The van der Waals surface area contributed by atoms with Crippen molar-refractivity contribution in [1.29, 1.82) is 5.26 Å². The van der Waals surface area contributed by atoms with E-state index in [0.29, 0.717) is 51.4 Å². The van der Waals surface area contributed by atoms with E-state index in [4.69, 9.17) is 9.84 Å². The number of carbonyl (C=O) groups excluding carboxylic acids is 1. The van der Waals surface area contributed by atoms with Crippen LogP contribution in [0.15, 0.2) is 66.5 Å². The van der Waals surface area contributed by atoms with Crippen LogP contribution in [-0.4, -0.2) is 85.5 Å². The molecule has 1 saturated carbocycles. The number of fused-ring (bicyclic) bond motifs is 1. The zero-order valence-corrected chi connectivity index (χ0v) is 27.4. The predicted molar refractivity (Wildman–Crippen MR) is 171 cm³/mol. The Labute approximate surface area is 271 Å². The molecule has 2 aliphatic rings. The van der Waals surface area contributed by atoms with Gasteiger partial charge in [-0.3, -0.25) is 0 Å². The summed E-state index contributed by atoms with van der Waals surface area (Å²) in [6, 6.07) is 16.0. The van der Waals surface area contributed by atoms with Gasteiger partial charge < -0.3 is 4.90 Å². The van der Waals surface area contributed by atoms with E-state index in [9.17, 15) is 10.1 Å². The molecule has 1 aliphatic carbocycles. The predicted octanol–water partition coefficient (Wildman–Crippen LogP) is 4.78. The number of ether oxygens (including phenoxy) is 1. The minimum absolute atomic E-state index is 0.162. The van der Waals surface area contributed by atoms with Crippen LogP contribution in [0.4, 0.5) is 4.39 Å². The Morgan fingerprint density at radius 2 is 1.93 bits per heavy atom. The van der Waals surface area contributed by atoms with Crippen LogP contribution in [0, 0.1) is 22.6 Å². The molecule has 2 aromatic heterocycles. The number of halogens is 1. The summed E-state index contributed by atoms with van der Waals surface area (Å²) in [5.74, 6) is 0.276. The summed E-state index contributed by atoms with van der Waals surface area (Å²) in [6.07, 6.45) is 9.15. The number of nitrogens with zero attached hydrogens (tertiary/aromatic N) is 7. The number of nitriles is 1. The van der Waals surface area contributed by atoms with E-state index in [0.717, 1.165) is 45.1 Å². The number of hydrogen-bond acceptors (Lipinski definition) is 7. The Morgan fingerprint density at radius 3 is 2.64 bits per heavy atom. The second-order valence-electron chi connectivity index (χ2n) is 12.3. The van der Waals surface area contributed by atoms with Gasteiger partial charge in [0.2, 0.25) is 0 Å². The molecule has 3 heterocycles. The molecule has 6 rings (SSSR count). The van der Waals surface area contributed by atoms with Crippen molar-refractivity contribution in [2.45, 2.75) is 51.1 Å². The Hall–Kier alpha value is -4.06. The molecule has 0 spiro atoms. The van der Waals surface area contributed by atoms with Crippen LogP contribution in [0.2, 0.25) is 0 Å². The molecule has 1 saturated heterocycles. The van der Waals surface area contributed by atoms with Gasteiger partial charge in [-0.2, -0.15) is 0 Å². The number of rotatable bonds is 9. The molecule has 1 atom stereocenters. The van der Waals surface area contributed by atoms with Crippen LogP contribution in [0.1, 0.15) is 38.5 Å². The summed E-state index contributed by atoms with van der Waals surface area (Å²) in [6.45, 7) is 1.74. The topological polar surface area (TPSA) is 100 Å². The van der Waals surface area contributed by atoms with Gasteiger partial charge in [0, 0.05) is 0 Å². The van der Waals surface area contributed by atoms with Gasteiger partial charge in [0.15, 0.2) is 0 Å². The summed E-state index contributed by atoms with van der Waals surface area (Å²) in [5, 5.41) is 15.6. The molecule has 0 N–H and O–H groups in total. The van der Waals surface area contributed by atoms with Crippen molar-refractivity contribution in [2.24, 2.45) is 5.41 Å². The Kier molecular flexibility index (Phi) is 9.02. The van der Waals surface area contributed by atoms with E-state index >= 15 is 4.39 Å². The molecular weight excluding hydrogens is 632 g/mol. The smallest absolute Gasteiger partial charge is 0.0524 e. The molecule has 45 heavy (non-hydrogen) atoms. The van der Waals surface area contributed by atoms with Crippen LogP contribution in [0.3, 0.4) is 0 Å². The standard InChI is InChI=1S/C34H35AsFN7O2/c1-41(2)21-34(14-6-7-15-34)18-23(19-37)33(44)42-16-8-9-24(42)20-43-32-29(31(35)38-22-39-32)30(40-43)27-13-12-26(17-28(27)36)45-25-10-4-3-5-11-25/h3-5,10-13,17-18,22,24H,6-9,14-16,20-21H2,1-2H3/t24-/m0/s1. The van der Waals surface area contributed by atoms with Crippen molar-refractivity contribution in [3.63, 3.8) is 0 Å². The third-order valence-electron chi connectivity index (χ3n) is 8.74. The molecule has 2 radical (unpaired) electrons. The number of para-hydroxylation sites is 1. The van der Waals surface area contributed by atoms with E-state index in [1.807, 2.05) is 50.5 Å². The average Bonchev–Trinajstić information content (AvgIpc) is 3.76. The molecule has 2 fully saturated rings. The van der Waals surface area contributed by atoms with E-state index in [1.54, 1.807) is 21.7 Å². The third kappa shape index (κ3) is 6.51. The maximum absolute atomic E-state index is 15.6. The van der Waals surface area contributed by atoms with Crippen LogP contribution in [0.25, 0.3) is 22.3 Å². The Balaban J connectivity index is 1.29. The summed E-state index contributed by atoms with van der Waals surface area (Å²) >= 11 is 2.41. The molecule has 1 amide bonds. The number of hydrogen-bond donors (Lipinski definition) is 0. The fraction of sp³-hybridized carbons (Fsp3) is 0.382. The van der Waals surface area contributed by atoms with Gasteiger partial charge in [0.05, 0.1) is 0 Å². The van der Waals surface area contributed by atoms with Crippen molar-refractivity contribution < 1.29 is 13.9 Å². The molecule has 4 aromatic rings. The second kappa shape index (κ2) is 13.1. The van der Waals surface area contributed by atoms with Crippen molar-refractivity contribution >= 4 is 38.3 Å². The maximum atomic E-state index is 15.6. The second-order valence-corrected chi connectivity index (χ2v) is 13.1. The first kappa shape index (κ1) is 30.9. The van der Waals surface area contributed by atoms with Crippen molar-refractivity contribution in [1.82, 2.24) is 29.5 Å². The molecule has 1 aliphatic heterocycles. The molecule has 11 heteroatoms. The SMILES string of the molecule is CN(C)CC1(C=C(C#N)C(=O)N2CCC[C@H]2Cn2nc(-c3ccc(Oc4ccccc4)cc3F)c3c([As])ncnc32)CCCC1. The van der Waals surface area contributed by atoms with Gasteiger partial charge in [-0.25, -0.2) is 0 Å². The average molecular weight is 668 g/mol. The number of benzene rings is 2. The normalized spacial score (nSPS) is 18.1. The molecule has 2 aromatic carbocycles. The third-order valence-corrected chi connectivity index (χ3v) is 9.45. The summed E-state index contributed by atoms with van der Waals surface area (Å²) < 4.78 is 23.8. The number of carbonyl (C=O) groups is 1. The molecule has 230 valence electrons. The monoisotopic (exact) mass is 667 g/mol.